The molecule has 2 aliphatic carbocycles. The number of rotatable bonds is 0. The van der Waals surface area contributed by atoms with Crippen molar-refractivity contribution in [2.24, 2.45) is 11.8 Å². The van der Waals surface area contributed by atoms with Crippen LogP contribution in [-0.4, -0.2) is 25.4 Å². The van der Waals surface area contributed by atoms with Gasteiger partial charge in [0.05, 0.1) is 12.2 Å². The van der Waals surface area contributed by atoms with E-state index in [0.717, 1.165) is 38.1 Å². The molecule has 0 radical (unpaired) electrons. The summed E-state index contributed by atoms with van der Waals surface area (Å²) in [6, 6.07) is 0. The van der Waals surface area contributed by atoms with Gasteiger partial charge in [-0.05, 0) is 43.9 Å². The molecule has 3 unspecified atom stereocenters. The third kappa shape index (κ3) is 1.23. The topological polar surface area (TPSA) is 18.5 Å². The lowest BCUT2D eigenvalue weighted by Crippen LogP contribution is -2.42. The zero-order chi connectivity index (χ0) is 8.73. The van der Waals surface area contributed by atoms with Crippen LogP contribution in [0, 0.1) is 11.8 Å². The molecule has 1 heterocycles. The first-order valence-electron chi connectivity index (χ1n) is 5.61. The molecule has 2 nitrogen and oxygen atoms in total. The molecule has 2 heteroatoms. The van der Waals surface area contributed by atoms with E-state index in [0.29, 0.717) is 0 Å². The minimum Gasteiger partial charge on any atom is -0.378 e. The van der Waals surface area contributed by atoms with Crippen LogP contribution in [0.25, 0.3) is 0 Å². The predicted octanol–water partition coefficient (Wildman–Crippen LogP) is 1.98. The van der Waals surface area contributed by atoms with E-state index in [4.69, 9.17) is 9.47 Å². The minimum atomic E-state index is 0.152. The fraction of sp³-hybridized carbons (Fsp3) is 1.00. The van der Waals surface area contributed by atoms with Gasteiger partial charge in [-0.3, -0.25) is 0 Å². The van der Waals surface area contributed by atoms with Crippen LogP contribution in [0.4, 0.5) is 0 Å². The lowest BCUT2D eigenvalue weighted by atomic mass is 9.84. The summed E-state index contributed by atoms with van der Waals surface area (Å²) in [6.07, 6.45) is 6.59. The molecular formula is C11H18O2. The molecule has 13 heavy (non-hydrogen) atoms. The summed E-state index contributed by atoms with van der Waals surface area (Å²) in [5.41, 5.74) is 0.152. The smallest absolute Gasteiger partial charge is 0.0945 e. The molecule has 0 N–H and O–H groups in total. The number of hydrogen-bond donors (Lipinski definition) is 0. The minimum absolute atomic E-state index is 0.152. The van der Waals surface area contributed by atoms with Gasteiger partial charge in [-0.15, -0.1) is 0 Å². The first kappa shape index (κ1) is 8.25. The van der Waals surface area contributed by atoms with E-state index in [1.54, 1.807) is 0 Å². The molecular weight excluding hydrogens is 164 g/mol. The summed E-state index contributed by atoms with van der Waals surface area (Å²) in [5, 5.41) is 0. The van der Waals surface area contributed by atoms with E-state index in [1.807, 2.05) is 0 Å². The van der Waals surface area contributed by atoms with E-state index in [9.17, 15) is 0 Å². The Hall–Kier alpha value is -0.0800. The Kier molecular flexibility index (Phi) is 1.88. The Morgan fingerprint density at radius 3 is 2.92 bits per heavy atom. The Morgan fingerprint density at radius 2 is 2.15 bits per heavy atom. The summed E-state index contributed by atoms with van der Waals surface area (Å²) in [4.78, 5) is 0. The Bertz CT molecular complexity index is 194. The second-order valence-corrected chi connectivity index (χ2v) is 4.90. The van der Waals surface area contributed by atoms with Gasteiger partial charge in [0.25, 0.3) is 0 Å². The standard InChI is InChI=1S/C11H18O2/c1-4-12-8-11(13-5-1)7-9-2-3-10(11)6-9/h9-10H,1-8H2. The second kappa shape index (κ2) is 2.96. The maximum Gasteiger partial charge on any atom is 0.0945 e. The van der Waals surface area contributed by atoms with Crippen LogP contribution in [0.15, 0.2) is 0 Å². The lowest BCUT2D eigenvalue weighted by Gasteiger charge is -2.35. The highest BCUT2D eigenvalue weighted by molar-refractivity contribution is 5.02. The van der Waals surface area contributed by atoms with Gasteiger partial charge in [0.15, 0.2) is 0 Å². The van der Waals surface area contributed by atoms with Crippen LogP contribution in [0.3, 0.4) is 0 Å². The first-order chi connectivity index (χ1) is 6.39. The molecule has 0 aromatic rings. The maximum atomic E-state index is 6.06. The molecule has 0 amide bonds. The molecule has 3 rings (SSSR count). The highest BCUT2D eigenvalue weighted by Crippen LogP contribution is 2.53. The van der Waals surface area contributed by atoms with Gasteiger partial charge in [0, 0.05) is 13.2 Å². The Morgan fingerprint density at radius 1 is 1.15 bits per heavy atom. The van der Waals surface area contributed by atoms with Gasteiger partial charge < -0.3 is 9.47 Å². The number of hydrogen-bond acceptors (Lipinski definition) is 2. The number of fused-ring (bicyclic) bond motifs is 3. The largest absolute Gasteiger partial charge is 0.378 e. The normalized spacial score (nSPS) is 49.8. The van der Waals surface area contributed by atoms with Crippen LogP contribution in [0.1, 0.15) is 32.1 Å². The Balaban J connectivity index is 1.79. The maximum absolute atomic E-state index is 6.06. The summed E-state index contributed by atoms with van der Waals surface area (Å²) in [5.74, 6) is 1.77. The molecule has 2 bridgehead atoms. The summed E-state index contributed by atoms with van der Waals surface area (Å²) in [6.45, 7) is 2.69. The van der Waals surface area contributed by atoms with Crippen molar-refractivity contribution >= 4 is 0 Å². The van der Waals surface area contributed by atoms with Crippen molar-refractivity contribution in [2.45, 2.75) is 37.7 Å². The highest BCUT2D eigenvalue weighted by atomic mass is 16.6. The lowest BCUT2D eigenvalue weighted by molar-refractivity contribution is -0.103. The predicted molar refractivity (Wildman–Crippen MR) is 49.6 cm³/mol. The molecule has 3 fully saturated rings. The van der Waals surface area contributed by atoms with E-state index >= 15 is 0 Å². The zero-order valence-electron chi connectivity index (χ0n) is 8.13. The molecule has 1 spiro atoms. The van der Waals surface area contributed by atoms with E-state index in [2.05, 4.69) is 0 Å². The van der Waals surface area contributed by atoms with Crippen LogP contribution in [-0.2, 0) is 9.47 Å². The van der Waals surface area contributed by atoms with E-state index < -0.39 is 0 Å². The molecule has 3 atom stereocenters. The number of ether oxygens (including phenoxy) is 2. The van der Waals surface area contributed by atoms with Crippen molar-refractivity contribution in [1.82, 2.24) is 0 Å². The molecule has 1 aliphatic heterocycles. The first-order valence-corrected chi connectivity index (χ1v) is 5.61. The van der Waals surface area contributed by atoms with Crippen LogP contribution in [0.5, 0.6) is 0 Å². The zero-order valence-corrected chi connectivity index (χ0v) is 8.13. The van der Waals surface area contributed by atoms with Gasteiger partial charge in [-0.1, -0.05) is 0 Å². The molecule has 2 saturated carbocycles. The Labute approximate surface area is 79.6 Å². The van der Waals surface area contributed by atoms with Crippen LogP contribution >= 0.6 is 0 Å². The average Bonchev–Trinajstić information content (AvgIpc) is 2.63. The molecule has 0 aromatic carbocycles. The van der Waals surface area contributed by atoms with Crippen LogP contribution < -0.4 is 0 Å². The van der Waals surface area contributed by atoms with Crippen molar-refractivity contribution in [3.63, 3.8) is 0 Å². The molecule has 74 valence electrons. The summed E-state index contributed by atoms with van der Waals surface area (Å²) >= 11 is 0. The van der Waals surface area contributed by atoms with Crippen molar-refractivity contribution < 1.29 is 9.47 Å². The van der Waals surface area contributed by atoms with Crippen molar-refractivity contribution in [2.75, 3.05) is 19.8 Å². The highest BCUT2D eigenvalue weighted by Gasteiger charge is 2.52. The van der Waals surface area contributed by atoms with Crippen molar-refractivity contribution in [1.29, 1.82) is 0 Å². The van der Waals surface area contributed by atoms with Crippen molar-refractivity contribution in [3.8, 4) is 0 Å². The quantitative estimate of drug-likeness (QED) is 0.570. The molecule has 0 aromatic heterocycles. The monoisotopic (exact) mass is 182 g/mol. The molecule has 1 saturated heterocycles. The molecule has 3 aliphatic rings. The van der Waals surface area contributed by atoms with E-state index in [1.165, 1.54) is 25.7 Å². The average molecular weight is 182 g/mol. The fourth-order valence-electron chi connectivity index (χ4n) is 3.47. The third-order valence-electron chi connectivity index (χ3n) is 4.09. The van der Waals surface area contributed by atoms with Gasteiger partial charge in [-0.2, -0.15) is 0 Å². The van der Waals surface area contributed by atoms with Gasteiger partial charge in [0.1, 0.15) is 0 Å². The summed E-state index contributed by atoms with van der Waals surface area (Å²) < 4.78 is 11.7. The summed E-state index contributed by atoms with van der Waals surface area (Å²) in [7, 11) is 0. The van der Waals surface area contributed by atoms with E-state index in [-0.39, 0.29) is 5.60 Å². The van der Waals surface area contributed by atoms with Crippen LogP contribution in [0.2, 0.25) is 0 Å². The second-order valence-electron chi connectivity index (χ2n) is 4.90. The van der Waals surface area contributed by atoms with Gasteiger partial charge >= 0.3 is 0 Å². The fourth-order valence-corrected chi connectivity index (χ4v) is 3.47. The SMILES string of the molecule is C1COCC2(CC3CCC2C3)OC1. The third-order valence-corrected chi connectivity index (χ3v) is 4.09. The van der Waals surface area contributed by atoms with Gasteiger partial charge in [0.2, 0.25) is 0 Å². The van der Waals surface area contributed by atoms with Gasteiger partial charge in [-0.25, -0.2) is 0 Å². The van der Waals surface area contributed by atoms with Crippen molar-refractivity contribution in [3.05, 3.63) is 0 Å².